The molecule has 2 rings (SSSR count). The number of pyridine rings is 1. The number of carboxylic acid groups (broad SMARTS) is 1. The van der Waals surface area contributed by atoms with E-state index in [1.807, 2.05) is 12.1 Å². The lowest BCUT2D eigenvalue weighted by Crippen LogP contribution is -2.35. The Labute approximate surface area is 106 Å². The number of hydrogen-bond acceptors (Lipinski definition) is 3. The summed E-state index contributed by atoms with van der Waals surface area (Å²) in [4.78, 5) is 16.9. The molecule has 1 aliphatic rings. The predicted molar refractivity (Wildman–Crippen MR) is 68.0 cm³/mol. The fraction of sp³-hybridized carbons (Fsp3) is 0.538. The summed E-state index contributed by atoms with van der Waals surface area (Å²) in [6.07, 6.45) is 3.21. The Morgan fingerprint density at radius 2 is 2.22 bits per heavy atom. The average Bonchev–Trinajstić information content (AvgIpc) is 2.38. The Balaban J connectivity index is 2.17. The van der Waals surface area contributed by atoms with Gasteiger partial charge in [-0.05, 0) is 43.7 Å². The first-order valence-corrected chi connectivity index (χ1v) is 6.32. The van der Waals surface area contributed by atoms with E-state index < -0.39 is 6.09 Å². The predicted octanol–water partition coefficient (Wildman–Crippen LogP) is 1.83. The number of aliphatic hydroxyl groups is 1. The van der Waals surface area contributed by atoms with Gasteiger partial charge in [-0.25, -0.2) is 9.78 Å². The molecule has 1 aliphatic heterocycles. The van der Waals surface area contributed by atoms with E-state index in [2.05, 4.69) is 4.98 Å². The molecule has 0 saturated carbocycles. The van der Waals surface area contributed by atoms with Crippen molar-refractivity contribution in [2.75, 3.05) is 18.1 Å². The smallest absolute Gasteiger partial charge is 0.413 e. The van der Waals surface area contributed by atoms with Crippen molar-refractivity contribution < 1.29 is 15.0 Å². The number of fused-ring (bicyclic) bond motifs is 1. The Bertz CT molecular complexity index is 434. The van der Waals surface area contributed by atoms with Crippen LogP contribution in [0.2, 0.25) is 0 Å². The first kappa shape index (κ1) is 12.8. The highest BCUT2D eigenvalue weighted by Gasteiger charge is 2.23. The van der Waals surface area contributed by atoms with Crippen molar-refractivity contribution >= 4 is 11.9 Å². The quantitative estimate of drug-likeness (QED) is 0.799. The molecule has 2 N–H and O–H groups in total. The molecule has 98 valence electrons. The monoisotopic (exact) mass is 250 g/mol. The van der Waals surface area contributed by atoms with Gasteiger partial charge in [0, 0.05) is 18.8 Å². The second kappa shape index (κ2) is 5.82. The average molecular weight is 250 g/mol. The third-order valence-corrected chi connectivity index (χ3v) is 3.17. The van der Waals surface area contributed by atoms with Gasteiger partial charge in [-0.2, -0.15) is 0 Å². The normalized spacial score (nSPS) is 14.4. The van der Waals surface area contributed by atoms with Crippen LogP contribution in [0.3, 0.4) is 0 Å². The molecule has 0 fully saturated rings. The highest BCUT2D eigenvalue weighted by Crippen LogP contribution is 2.25. The molecule has 5 heteroatoms. The summed E-state index contributed by atoms with van der Waals surface area (Å²) in [5.41, 5.74) is 1.91. The van der Waals surface area contributed by atoms with Gasteiger partial charge >= 0.3 is 6.09 Å². The maximum absolute atomic E-state index is 11.1. The van der Waals surface area contributed by atoms with E-state index in [1.165, 1.54) is 4.90 Å². The van der Waals surface area contributed by atoms with Crippen molar-refractivity contribution in [1.82, 2.24) is 4.98 Å². The number of aromatic nitrogens is 1. The van der Waals surface area contributed by atoms with E-state index in [9.17, 15) is 4.79 Å². The second-order valence-electron chi connectivity index (χ2n) is 4.50. The summed E-state index contributed by atoms with van der Waals surface area (Å²) < 4.78 is 0. The minimum absolute atomic E-state index is 0.187. The SMILES string of the molecule is O=C(O)N1CCCc2ccc(CCCCO)nc21. The van der Waals surface area contributed by atoms with Crippen molar-refractivity contribution in [3.8, 4) is 0 Å². The van der Waals surface area contributed by atoms with Gasteiger partial charge in [0.1, 0.15) is 5.82 Å². The van der Waals surface area contributed by atoms with E-state index >= 15 is 0 Å². The maximum Gasteiger partial charge on any atom is 0.413 e. The van der Waals surface area contributed by atoms with Gasteiger partial charge in [-0.15, -0.1) is 0 Å². The highest BCUT2D eigenvalue weighted by atomic mass is 16.4. The highest BCUT2D eigenvalue weighted by molar-refractivity contribution is 5.86. The van der Waals surface area contributed by atoms with Crippen LogP contribution >= 0.6 is 0 Å². The summed E-state index contributed by atoms with van der Waals surface area (Å²) in [5.74, 6) is 0.593. The molecular weight excluding hydrogens is 232 g/mol. The molecule has 0 bridgehead atoms. The van der Waals surface area contributed by atoms with E-state index in [-0.39, 0.29) is 6.61 Å². The summed E-state index contributed by atoms with van der Waals surface area (Å²) in [5, 5.41) is 17.9. The minimum atomic E-state index is -0.934. The van der Waals surface area contributed by atoms with E-state index in [1.54, 1.807) is 0 Å². The minimum Gasteiger partial charge on any atom is -0.465 e. The third-order valence-electron chi connectivity index (χ3n) is 3.17. The fourth-order valence-corrected chi connectivity index (χ4v) is 2.22. The second-order valence-corrected chi connectivity index (χ2v) is 4.50. The number of carbonyl (C=O) groups is 1. The zero-order valence-corrected chi connectivity index (χ0v) is 10.3. The Kier molecular flexibility index (Phi) is 4.15. The molecule has 0 radical (unpaired) electrons. The number of unbranched alkanes of at least 4 members (excludes halogenated alkanes) is 1. The molecule has 0 aromatic carbocycles. The number of aryl methyl sites for hydroxylation is 2. The maximum atomic E-state index is 11.1. The van der Waals surface area contributed by atoms with Crippen LogP contribution < -0.4 is 4.90 Å². The van der Waals surface area contributed by atoms with Crippen molar-refractivity contribution in [1.29, 1.82) is 0 Å². The van der Waals surface area contributed by atoms with Crippen LogP contribution in [0.1, 0.15) is 30.5 Å². The summed E-state index contributed by atoms with van der Waals surface area (Å²) >= 11 is 0. The van der Waals surface area contributed by atoms with Crippen molar-refractivity contribution in [3.63, 3.8) is 0 Å². The van der Waals surface area contributed by atoms with Gasteiger partial charge in [-0.1, -0.05) is 6.07 Å². The summed E-state index contributed by atoms with van der Waals surface area (Å²) in [6.45, 7) is 0.710. The van der Waals surface area contributed by atoms with Crippen LogP contribution in [-0.2, 0) is 12.8 Å². The molecule has 5 nitrogen and oxygen atoms in total. The number of nitrogens with zero attached hydrogens (tertiary/aromatic N) is 2. The molecule has 0 spiro atoms. The van der Waals surface area contributed by atoms with Gasteiger partial charge in [0.15, 0.2) is 0 Å². The molecule has 1 amide bonds. The first-order chi connectivity index (χ1) is 8.72. The molecule has 1 aromatic heterocycles. The topological polar surface area (TPSA) is 73.7 Å². The zero-order valence-electron chi connectivity index (χ0n) is 10.3. The van der Waals surface area contributed by atoms with Gasteiger partial charge in [0.05, 0.1) is 0 Å². The molecule has 0 aliphatic carbocycles. The van der Waals surface area contributed by atoms with Crippen molar-refractivity contribution in [3.05, 3.63) is 23.4 Å². The molecule has 18 heavy (non-hydrogen) atoms. The fourth-order valence-electron chi connectivity index (χ4n) is 2.22. The van der Waals surface area contributed by atoms with Gasteiger partial charge < -0.3 is 10.2 Å². The molecule has 1 aromatic rings. The first-order valence-electron chi connectivity index (χ1n) is 6.32. The van der Waals surface area contributed by atoms with Gasteiger partial charge in [-0.3, -0.25) is 4.90 Å². The lowest BCUT2D eigenvalue weighted by molar-refractivity contribution is 0.201. The van der Waals surface area contributed by atoms with Crippen LogP contribution in [0.4, 0.5) is 10.6 Å². The van der Waals surface area contributed by atoms with Crippen molar-refractivity contribution in [2.24, 2.45) is 0 Å². The van der Waals surface area contributed by atoms with E-state index in [0.717, 1.165) is 43.4 Å². The van der Waals surface area contributed by atoms with Crippen molar-refractivity contribution in [2.45, 2.75) is 32.1 Å². The number of hydrogen-bond donors (Lipinski definition) is 2. The molecule has 0 unspecified atom stereocenters. The number of aliphatic hydroxyl groups excluding tert-OH is 1. The molecular formula is C13H18N2O3. The van der Waals surface area contributed by atoms with Crippen LogP contribution in [-0.4, -0.2) is 34.4 Å². The number of amides is 1. The van der Waals surface area contributed by atoms with E-state index in [0.29, 0.717) is 12.4 Å². The Morgan fingerprint density at radius 3 is 2.94 bits per heavy atom. The lowest BCUT2D eigenvalue weighted by atomic mass is 10.0. The van der Waals surface area contributed by atoms with Crippen LogP contribution in [0, 0.1) is 0 Å². The van der Waals surface area contributed by atoms with Gasteiger partial charge in [0.2, 0.25) is 0 Å². The van der Waals surface area contributed by atoms with E-state index in [4.69, 9.17) is 10.2 Å². The molecule has 0 saturated heterocycles. The summed E-state index contributed by atoms with van der Waals surface area (Å²) in [6, 6.07) is 3.94. The van der Waals surface area contributed by atoms with Gasteiger partial charge in [0.25, 0.3) is 0 Å². The third kappa shape index (κ3) is 2.79. The standard InChI is InChI=1S/C13H18N2O3/c16-9-2-1-5-11-7-6-10-4-3-8-15(13(17)18)12(10)14-11/h6-7,16H,1-5,8-9H2,(H,17,18). The Hall–Kier alpha value is -1.62. The summed E-state index contributed by atoms with van der Waals surface area (Å²) in [7, 11) is 0. The zero-order chi connectivity index (χ0) is 13.0. The van der Waals surface area contributed by atoms with Crippen LogP contribution in [0.25, 0.3) is 0 Å². The molecule has 2 heterocycles. The largest absolute Gasteiger partial charge is 0.465 e. The number of anilines is 1. The van der Waals surface area contributed by atoms with Crippen LogP contribution in [0.5, 0.6) is 0 Å². The van der Waals surface area contributed by atoms with Crippen LogP contribution in [0.15, 0.2) is 12.1 Å². The number of rotatable bonds is 4. The lowest BCUT2D eigenvalue weighted by Gasteiger charge is -2.26. The Morgan fingerprint density at radius 1 is 1.39 bits per heavy atom. The molecule has 0 atom stereocenters.